The molecular formula is C20H22N4O6. The third-order valence-corrected chi connectivity index (χ3v) is 5.01. The lowest BCUT2D eigenvalue weighted by atomic mass is 10.0. The molecule has 1 aliphatic heterocycles. The maximum absolute atomic E-state index is 12.0. The minimum Gasteiger partial charge on any atom is -0.480 e. The van der Waals surface area contributed by atoms with Crippen molar-refractivity contribution in [3.8, 4) is 0 Å². The molecule has 2 heterocycles. The number of carboxylic acids is 2. The maximum Gasteiger partial charge on any atom is 0.328 e. The Labute approximate surface area is 171 Å². The topological polar surface area (TPSA) is 143 Å². The van der Waals surface area contributed by atoms with E-state index in [2.05, 4.69) is 10.3 Å². The van der Waals surface area contributed by atoms with Crippen LogP contribution >= 0.6 is 0 Å². The number of H-pyrrole nitrogens is 1. The Morgan fingerprint density at radius 2 is 1.80 bits per heavy atom. The van der Waals surface area contributed by atoms with Gasteiger partial charge in [0, 0.05) is 73.6 Å². The lowest BCUT2D eigenvalue weighted by Crippen LogP contribution is -2.50. The Hall–Kier alpha value is -3.66. The van der Waals surface area contributed by atoms with Crippen molar-refractivity contribution in [1.82, 2.24) is 14.8 Å². The number of fused-ring (bicyclic) bond motifs is 1. The first-order valence-corrected chi connectivity index (χ1v) is 9.31. The van der Waals surface area contributed by atoms with E-state index < -0.39 is 23.9 Å². The van der Waals surface area contributed by atoms with E-state index in [-0.39, 0.29) is 5.91 Å². The van der Waals surface area contributed by atoms with E-state index in [9.17, 15) is 24.3 Å². The molecule has 158 valence electrons. The number of nitrogens with one attached hydrogen (secondary N) is 2. The standard InChI is InChI=1S/C20H22N4O6/c1-12(25)23-6-8-24(9-7-23)19(20(29)30)15-11-21-16-10-13(2-3-14(15)16)22-17(26)4-5-18(27)28/h2-5,10-11,19,21H,6-9H2,1H3,(H,22,26)(H,27,28)(H,29,30)/b5-4+/t19-/m0/s1. The number of hydrogen-bond acceptors (Lipinski definition) is 5. The fraction of sp³-hybridized carbons (Fsp3) is 0.300. The molecule has 1 aromatic carbocycles. The molecule has 0 radical (unpaired) electrons. The summed E-state index contributed by atoms with van der Waals surface area (Å²) in [5.74, 6) is -2.82. The summed E-state index contributed by atoms with van der Waals surface area (Å²) in [4.78, 5) is 52.4. The number of carboxylic acid groups (broad SMARTS) is 2. The zero-order chi connectivity index (χ0) is 21.8. The fourth-order valence-corrected chi connectivity index (χ4v) is 3.56. The van der Waals surface area contributed by atoms with Crippen LogP contribution in [-0.4, -0.2) is 74.9 Å². The first-order chi connectivity index (χ1) is 14.3. The number of piperazine rings is 1. The number of aromatic amines is 1. The van der Waals surface area contributed by atoms with E-state index in [1.165, 1.54) is 6.92 Å². The monoisotopic (exact) mass is 414 g/mol. The van der Waals surface area contributed by atoms with Gasteiger partial charge in [-0.25, -0.2) is 4.79 Å². The van der Waals surface area contributed by atoms with Gasteiger partial charge in [-0.3, -0.25) is 19.3 Å². The van der Waals surface area contributed by atoms with Crippen molar-refractivity contribution < 1.29 is 29.4 Å². The molecule has 1 aromatic heterocycles. The summed E-state index contributed by atoms with van der Waals surface area (Å²) >= 11 is 0. The molecular weight excluding hydrogens is 392 g/mol. The molecule has 30 heavy (non-hydrogen) atoms. The minimum atomic E-state index is -1.22. The number of hydrogen-bond donors (Lipinski definition) is 4. The van der Waals surface area contributed by atoms with Gasteiger partial charge in [0.1, 0.15) is 6.04 Å². The number of benzene rings is 1. The first-order valence-electron chi connectivity index (χ1n) is 9.31. The van der Waals surface area contributed by atoms with Crippen molar-refractivity contribution in [2.45, 2.75) is 13.0 Å². The molecule has 1 fully saturated rings. The minimum absolute atomic E-state index is 0.0265. The number of rotatable bonds is 6. The molecule has 1 saturated heterocycles. The molecule has 0 saturated carbocycles. The van der Waals surface area contributed by atoms with Crippen LogP contribution in [0.4, 0.5) is 5.69 Å². The summed E-state index contributed by atoms with van der Waals surface area (Å²) in [7, 11) is 0. The van der Waals surface area contributed by atoms with Crippen LogP contribution in [0.25, 0.3) is 10.9 Å². The van der Waals surface area contributed by atoms with Crippen LogP contribution in [0.3, 0.4) is 0 Å². The zero-order valence-electron chi connectivity index (χ0n) is 16.3. The number of amides is 2. The Morgan fingerprint density at radius 3 is 2.40 bits per heavy atom. The van der Waals surface area contributed by atoms with Crippen molar-refractivity contribution in [1.29, 1.82) is 0 Å². The maximum atomic E-state index is 12.0. The highest BCUT2D eigenvalue weighted by atomic mass is 16.4. The summed E-state index contributed by atoms with van der Waals surface area (Å²) in [6.07, 6.45) is 3.29. The summed E-state index contributed by atoms with van der Waals surface area (Å²) in [6.45, 7) is 3.35. The number of aliphatic carboxylic acids is 2. The molecule has 0 bridgehead atoms. The van der Waals surface area contributed by atoms with Gasteiger partial charge in [0.25, 0.3) is 0 Å². The highest BCUT2D eigenvalue weighted by Gasteiger charge is 2.32. The van der Waals surface area contributed by atoms with Gasteiger partial charge >= 0.3 is 11.9 Å². The van der Waals surface area contributed by atoms with Crippen molar-refractivity contribution in [2.24, 2.45) is 0 Å². The van der Waals surface area contributed by atoms with Crippen molar-refractivity contribution in [3.05, 3.63) is 42.1 Å². The van der Waals surface area contributed by atoms with Crippen LogP contribution in [0.15, 0.2) is 36.5 Å². The van der Waals surface area contributed by atoms with Crippen LogP contribution < -0.4 is 5.32 Å². The molecule has 1 aliphatic rings. The Bertz CT molecular complexity index is 1020. The molecule has 4 N–H and O–H groups in total. The molecule has 10 nitrogen and oxygen atoms in total. The highest BCUT2D eigenvalue weighted by molar-refractivity contribution is 6.03. The highest BCUT2D eigenvalue weighted by Crippen LogP contribution is 2.31. The third kappa shape index (κ3) is 4.66. The molecule has 3 rings (SSSR count). The first kappa shape index (κ1) is 21.1. The molecule has 2 amide bonds. The van der Waals surface area contributed by atoms with Gasteiger partial charge in [-0.1, -0.05) is 6.07 Å². The Balaban J connectivity index is 1.81. The number of nitrogens with zero attached hydrogens (tertiary/aromatic N) is 2. The molecule has 1 atom stereocenters. The molecule has 2 aromatic rings. The van der Waals surface area contributed by atoms with E-state index in [0.717, 1.165) is 12.2 Å². The van der Waals surface area contributed by atoms with Crippen LogP contribution in [-0.2, 0) is 19.2 Å². The van der Waals surface area contributed by atoms with Crippen molar-refractivity contribution in [2.75, 3.05) is 31.5 Å². The van der Waals surface area contributed by atoms with Gasteiger partial charge < -0.3 is 25.4 Å². The van der Waals surface area contributed by atoms with Gasteiger partial charge in [0.2, 0.25) is 11.8 Å². The summed E-state index contributed by atoms with van der Waals surface area (Å²) < 4.78 is 0. The van der Waals surface area contributed by atoms with Gasteiger partial charge in [-0.05, 0) is 12.1 Å². The quantitative estimate of drug-likeness (QED) is 0.517. The Morgan fingerprint density at radius 1 is 1.10 bits per heavy atom. The fourth-order valence-electron chi connectivity index (χ4n) is 3.56. The molecule has 0 spiro atoms. The van der Waals surface area contributed by atoms with E-state index >= 15 is 0 Å². The van der Waals surface area contributed by atoms with Gasteiger partial charge in [0.15, 0.2) is 0 Å². The lowest BCUT2D eigenvalue weighted by molar-refractivity contribution is -0.145. The van der Waals surface area contributed by atoms with Gasteiger partial charge in [-0.2, -0.15) is 0 Å². The van der Waals surface area contributed by atoms with Crippen molar-refractivity contribution >= 4 is 40.3 Å². The summed E-state index contributed by atoms with van der Waals surface area (Å²) in [5.41, 5.74) is 1.67. The van der Waals surface area contributed by atoms with Gasteiger partial charge in [0.05, 0.1) is 0 Å². The average molecular weight is 414 g/mol. The van der Waals surface area contributed by atoms with Crippen LogP contribution in [0.2, 0.25) is 0 Å². The second-order valence-corrected chi connectivity index (χ2v) is 6.95. The average Bonchev–Trinajstić information content (AvgIpc) is 3.09. The Kier molecular flexibility index (Phi) is 6.17. The second kappa shape index (κ2) is 8.78. The van der Waals surface area contributed by atoms with Crippen LogP contribution in [0.5, 0.6) is 0 Å². The SMILES string of the molecule is CC(=O)N1CCN([C@H](C(=O)O)c2c[nH]c3cc(NC(=O)/C=C/C(=O)O)ccc23)CC1. The van der Waals surface area contributed by atoms with Crippen LogP contribution in [0, 0.1) is 0 Å². The molecule has 10 heteroatoms. The van der Waals surface area contributed by atoms with E-state index in [1.54, 1.807) is 29.3 Å². The summed E-state index contributed by atoms with van der Waals surface area (Å²) in [5, 5.41) is 21.7. The van der Waals surface area contributed by atoms with E-state index in [4.69, 9.17) is 5.11 Å². The normalized spacial score (nSPS) is 16.0. The van der Waals surface area contributed by atoms with Gasteiger partial charge in [-0.15, -0.1) is 0 Å². The van der Waals surface area contributed by atoms with Crippen molar-refractivity contribution in [3.63, 3.8) is 0 Å². The van der Waals surface area contributed by atoms with Crippen LogP contribution in [0.1, 0.15) is 18.5 Å². The number of aromatic nitrogens is 1. The predicted octanol–water partition coefficient (Wildman–Crippen LogP) is 1.04. The second-order valence-electron chi connectivity index (χ2n) is 6.95. The molecule has 0 aliphatic carbocycles. The third-order valence-electron chi connectivity index (χ3n) is 5.01. The lowest BCUT2D eigenvalue weighted by Gasteiger charge is -2.37. The number of carbonyl (C=O) groups excluding carboxylic acids is 2. The largest absolute Gasteiger partial charge is 0.480 e. The van der Waals surface area contributed by atoms with E-state index in [1.807, 2.05) is 4.90 Å². The number of anilines is 1. The predicted molar refractivity (Wildman–Crippen MR) is 108 cm³/mol. The summed E-state index contributed by atoms with van der Waals surface area (Å²) in [6, 6.07) is 4.11. The smallest absolute Gasteiger partial charge is 0.328 e. The zero-order valence-corrected chi connectivity index (χ0v) is 16.3. The van der Waals surface area contributed by atoms with E-state index in [0.29, 0.717) is 48.3 Å². The molecule has 0 unspecified atom stereocenters. The number of carbonyl (C=O) groups is 4.